The molecule has 0 heterocycles. The minimum Gasteiger partial charge on any atom is -0.303 e. The molecule has 0 saturated heterocycles. The summed E-state index contributed by atoms with van der Waals surface area (Å²) in [5, 5.41) is 0. The Labute approximate surface area is 113 Å². The molecule has 0 saturated carbocycles. The highest BCUT2D eigenvalue weighted by atomic mass is 28.3. The molecule has 0 aromatic carbocycles. The molecule has 0 aromatic rings. The topological polar surface area (TPSA) is 17.1 Å². The fourth-order valence-corrected chi connectivity index (χ4v) is 3.43. The Hall–Kier alpha value is -0.893. The smallest absolute Gasteiger partial charge is 0.120 e. The van der Waals surface area contributed by atoms with E-state index in [1.165, 1.54) is 0 Å². The molecule has 0 bridgehead atoms. The van der Waals surface area contributed by atoms with Crippen LogP contribution < -0.4 is 0 Å². The zero-order valence-corrected chi connectivity index (χ0v) is 13.1. The van der Waals surface area contributed by atoms with Crippen LogP contribution in [0.3, 0.4) is 0 Å². The van der Waals surface area contributed by atoms with Crippen molar-refractivity contribution in [1.82, 2.24) is 0 Å². The van der Waals surface area contributed by atoms with Gasteiger partial charge in [0.2, 0.25) is 0 Å². The van der Waals surface area contributed by atoms with Crippen LogP contribution in [0.15, 0.2) is 36.5 Å². The average Bonchev–Trinajstić information content (AvgIpc) is 2.28. The van der Waals surface area contributed by atoms with Crippen molar-refractivity contribution in [2.75, 3.05) is 0 Å². The molecule has 18 heavy (non-hydrogen) atoms. The number of carbonyl (C=O) groups excluding carboxylic acids is 1. The summed E-state index contributed by atoms with van der Waals surface area (Å²) in [5.74, 6) is 0. The summed E-state index contributed by atoms with van der Waals surface area (Å²) in [6.45, 7) is 9.45. The van der Waals surface area contributed by atoms with E-state index in [4.69, 9.17) is 0 Å². The fraction of sp³-hybridized carbons (Fsp3) is 0.562. The molecule has 0 atom stereocenters. The van der Waals surface area contributed by atoms with E-state index in [1.54, 1.807) is 0 Å². The minimum atomic E-state index is -1.10. The zero-order valence-electron chi connectivity index (χ0n) is 12.1. The zero-order chi connectivity index (χ0) is 13.6. The predicted molar refractivity (Wildman–Crippen MR) is 82.5 cm³/mol. The first-order valence-electron chi connectivity index (χ1n) is 6.87. The summed E-state index contributed by atoms with van der Waals surface area (Å²) in [6, 6.07) is 0. The Balaban J connectivity index is 2.53. The number of rotatable bonds is 6. The maximum atomic E-state index is 10.2. The lowest BCUT2D eigenvalue weighted by Crippen LogP contribution is -2.27. The predicted octanol–water partition coefficient (Wildman–Crippen LogP) is 4.75. The summed E-state index contributed by atoms with van der Waals surface area (Å²) >= 11 is 0. The first-order valence-corrected chi connectivity index (χ1v) is 10.5. The molecule has 0 radical (unpaired) electrons. The molecule has 1 aliphatic rings. The Morgan fingerprint density at radius 2 is 1.78 bits per heavy atom. The summed E-state index contributed by atoms with van der Waals surface area (Å²) in [5.41, 5.74) is 0.728. The van der Waals surface area contributed by atoms with Gasteiger partial charge in [-0.15, -0.1) is 0 Å². The lowest BCUT2D eigenvalue weighted by Gasteiger charge is -2.30. The monoisotopic (exact) mass is 262 g/mol. The summed E-state index contributed by atoms with van der Waals surface area (Å²) in [6.07, 6.45) is 17.5. The highest BCUT2D eigenvalue weighted by Gasteiger charge is 2.26. The first-order chi connectivity index (χ1) is 8.37. The van der Waals surface area contributed by atoms with Gasteiger partial charge in [0, 0.05) is 11.8 Å². The van der Waals surface area contributed by atoms with E-state index in [-0.39, 0.29) is 5.41 Å². The highest BCUT2D eigenvalue weighted by molar-refractivity contribution is 6.78. The maximum absolute atomic E-state index is 10.2. The molecule has 1 aliphatic carbocycles. The van der Waals surface area contributed by atoms with Crippen LogP contribution in [0.5, 0.6) is 0 Å². The summed E-state index contributed by atoms with van der Waals surface area (Å²) in [7, 11) is -1.10. The first kappa shape index (κ1) is 15.2. The third kappa shape index (κ3) is 4.77. The van der Waals surface area contributed by atoms with Crippen LogP contribution >= 0.6 is 0 Å². The van der Waals surface area contributed by atoms with Crippen molar-refractivity contribution in [2.45, 2.75) is 51.4 Å². The van der Waals surface area contributed by atoms with Crippen LogP contribution in [0.25, 0.3) is 0 Å². The molecular formula is C16H26OSi. The van der Waals surface area contributed by atoms with Crippen molar-refractivity contribution >= 4 is 14.4 Å². The number of hydrogen-bond acceptors (Lipinski definition) is 1. The summed E-state index contributed by atoms with van der Waals surface area (Å²) in [4.78, 5) is 10.2. The van der Waals surface area contributed by atoms with Crippen LogP contribution in [0.2, 0.25) is 25.2 Å². The molecule has 1 rings (SSSR count). The second-order valence-corrected chi connectivity index (χ2v) is 11.9. The van der Waals surface area contributed by atoms with Gasteiger partial charge in [0.1, 0.15) is 6.29 Å². The van der Waals surface area contributed by atoms with Gasteiger partial charge in [-0.1, -0.05) is 56.1 Å². The highest BCUT2D eigenvalue weighted by Crippen LogP contribution is 2.35. The van der Waals surface area contributed by atoms with Gasteiger partial charge in [-0.25, -0.2) is 0 Å². The standard InChI is InChI=1S/C16H26OSi/c1-16(11-7-5-6-8-14-17)12-9-15(10-13-16)18(2,3)4/h7,9-15H,5-6,8H2,1-4H3/b11-7+. The van der Waals surface area contributed by atoms with E-state index in [9.17, 15) is 4.79 Å². The molecule has 0 N–H and O–H groups in total. The van der Waals surface area contributed by atoms with Crippen LogP contribution in [0.4, 0.5) is 0 Å². The fourth-order valence-electron chi connectivity index (χ4n) is 2.09. The van der Waals surface area contributed by atoms with Gasteiger partial charge < -0.3 is 4.79 Å². The van der Waals surface area contributed by atoms with Gasteiger partial charge in [0.05, 0.1) is 8.07 Å². The second-order valence-electron chi connectivity index (χ2n) is 6.48. The molecule has 0 aromatic heterocycles. The van der Waals surface area contributed by atoms with Gasteiger partial charge in [-0.05, 0) is 25.3 Å². The molecule has 0 fully saturated rings. The largest absolute Gasteiger partial charge is 0.303 e. The van der Waals surface area contributed by atoms with Crippen molar-refractivity contribution in [3.63, 3.8) is 0 Å². The van der Waals surface area contributed by atoms with E-state index in [0.29, 0.717) is 12.0 Å². The van der Waals surface area contributed by atoms with E-state index in [2.05, 4.69) is 63.0 Å². The van der Waals surface area contributed by atoms with Gasteiger partial charge in [-0.2, -0.15) is 0 Å². The van der Waals surface area contributed by atoms with Crippen molar-refractivity contribution in [3.05, 3.63) is 36.5 Å². The summed E-state index contributed by atoms with van der Waals surface area (Å²) < 4.78 is 0. The number of aldehydes is 1. The Kier molecular flexibility index (Phi) is 5.33. The van der Waals surface area contributed by atoms with Gasteiger partial charge in [-0.3, -0.25) is 0 Å². The molecule has 2 heteroatoms. The van der Waals surface area contributed by atoms with Crippen LogP contribution in [-0.2, 0) is 4.79 Å². The van der Waals surface area contributed by atoms with Gasteiger partial charge in [0.15, 0.2) is 0 Å². The normalized spacial score (nSPS) is 27.9. The lowest BCUT2D eigenvalue weighted by atomic mass is 9.85. The van der Waals surface area contributed by atoms with E-state index >= 15 is 0 Å². The molecule has 100 valence electrons. The van der Waals surface area contributed by atoms with E-state index < -0.39 is 8.07 Å². The lowest BCUT2D eigenvalue weighted by molar-refractivity contribution is -0.107. The van der Waals surface area contributed by atoms with Crippen molar-refractivity contribution in [3.8, 4) is 0 Å². The SMILES string of the molecule is CC1(/C=C/CCCC=O)C=CC([Si](C)(C)C)C=C1. The average molecular weight is 262 g/mol. The van der Waals surface area contributed by atoms with E-state index in [0.717, 1.165) is 19.1 Å². The maximum Gasteiger partial charge on any atom is 0.120 e. The van der Waals surface area contributed by atoms with Crippen LogP contribution in [0, 0.1) is 5.41 Å². The van der Waals surface area contributed by atoms with Gasteiger partial charge >= 0.3 is 0 Å². The second kappa shape index (κ2) is 6.33. The number of unbranched alkanes of at least 4 members (excludes halogenated alkanes) is 2. The Morgan fingerprint density at radius 3 is 2.28 bits per heavy atom. The Morgan fingerprint density at radius 1 is 1.17 bits per heavy atom. The molecular weight excluding hydrogens is 236 g/mol. The number of carbonyl (C=O) groups is 1. The van der Waals surface area contributed by atoms with Crippen molar-refractivity contribution in [1.29, 1.82) is 0 Å². The van der Waals surface area contributed by atoms with Crippen LogP contribution in [0.1, 0.15) is 26.2 Å². The Bertz CT molecular complexity index is 344. The molecule has 0 aliphatic heterocycles. The number of hydrogen-bond donors (Lipinski definition) is 0. The quantitative estimate of drug-likeness (QED) is 0.292. The molecule has 0 amide bonds. The molecule has 0 spiro atoms. The molecule has 0 unspecified atom stereocenters. The van der Waals surface area contributed by atoms with Crippen molar-refractivity contribution in [2.24, 2.45) is 5.41 Å². The third-order valence-corrected chi connectivity index (χ3v) is 5.88. The van der Waals surface area contributed by atoms with Gasteiger partial charge in [0.25, 0.3) is 0 Å². The molecule has 1 nitrogen and oxygen atoms in total. The van der Waals surface area contributed by atoms with E-state index in [1.807, 2.05) is 0 Å². The van der Waals surface area contributed by atoms with Crippen LogP contribution in [-0.4, -0.2) is 14.4 Å². The van der Waals surface area contributed by atoms with Crippen molar-refractivity contribution < 1.29 is 4.79 Å². The third-order valence-electron chi connectivity index (χ3n) is 3.50. The minimum absolute atomic E-state index is 0.0668. The number of allylic oxidation sites excluding steroid dienone is 6.